The molecule has 5 nitrogen and oxygen atoms in total. The first-order valence-corrected chi connectivity index (χ1v) is 8.27. The molecule has 0 aliphatic rings. The quantitative estimate of drug-likeness (QED) is 0.914. The van der Waals surface area contributed by atoms with Gasteiger partial charge in [0.05, 0.1) is 24.2 Å². The Morgan fingerprint density at radius 1 is 1.35 bits per heavy atom. The van der Waals surface area contributed by atoms with Crippen molar-refractivity contribution in [2.45, 2.75) is 13.5 Å². The molecular weight excluding hydrogens is 321 g/mol. The predicted molar refractivity (Wildman–Crippen MR) is 80.9 cm³/mol. The van der Waals surface area contributed by atoms with Gasteiger partial charge in [-0.25, -0.2) is 8.42 Å². The average Bonchev–Trinajstić information content (AvgIpc) is 2.79. The SMILES string of the molecule is CCS(=O)(=O)Nc1cnn(Cc2ccc(Cl)cc2Cl)c1. The summed E-state index contributed by atoms with van der Waals surface area (Å²) >= 11 is 11.9. The summed E-state index contributed by atoms with van der Waals surface area (Å²) in [6.07, 6.45) is 3.06. The van der Waals surface area contributed by atoms with Crippen molar-refractivity contribution < 1.29 is 8.42 Å². The minimum absolute atomic E-state index is 0.0151. The second-order valence-corrected chi connectivity index (χ2v) is 7.02. The molecular formula is C12H13Cl2N3O2S. The Bertz CT molecular complexity index is 713. The van der Waals surface area contributed by atoms with E-state index in [4.69, 9.17) is 23.2 Å². The number of nitrogens with one attached hydrogen (secondary N) is 1. The van der Waals surface area contributed by atoms with Crippen LogP contribution in [0.25, 0.3) is 0 Å². The third kappa shape index (κ3) is 3.88. The summed E-state index contributed by atoms with van der Waals surface area (Å²) < 4.78 is 26.9. The van der Waals surface area contributed by atoms with Crippen molar-refractivity contribution in [3.05, 3.63) is 46.2 Å². The molecule has 0 aliphatic carbocycles. The smallest absolute Gasteiger partial charge is 0.232 e. The first kappa shape index (κ1) is 15.2. The fourth-order valence-electron chi connectivity index (χ4n) is 1.58. The first-order chi connectivity index (χ1) is 9.39. The minimum atomic E-state index is -3.29. The number of benzene rings is 1. The third-order valence-corrected chi connectivity index (χ3v) is 4.53. The second-order valence-electron chi connectivity index (χ2n) is 4.17. The third-order valence-electron chi connectivity index (χ3n) is 2.63. The molecule has 1 N–H and O–H groups in total. The summed E-state index contributed by atoms with van der Waals surface area (Å²) in [6, 6.07) is 5.21. The standard InChI is InChI=1S/C12H13Cl2N3O2S/c1-2-20(18,19)16-11-6-15-17(8-11)7-9-3-4-10(13)5-12(9)14/h3-6,8,16H,2,7H2,1H3. The van der Waals surface area contributed by atoms with Crippen LogP contribution in [-0.4, -0.2) is 24.0 Å². The number of hydrogen-bond acceptors (Lipinski definition) is 3. The van der Waals surface area contributed by atoms with Crippen LogP contribution in [0.4, 0.5) is 5.69 Å². The molecule has 0 atom stereocenters. The van der Waals surface area contributed by atoms with E-state index < -0.39 is 10.0 Å². The van der Waals surface area contributed by atoms with Crippen LogP contribution in [0.1, 0.15) is 12.5 Å². The second kappa shape index (κ2) is 6.03. The maximum atomic E-state index is 11.4. The van der Waals surface area contributed by atoms with Gasteiger partial charge in [0, 0.05) is 16.2 Å². The van der Waals surface area contributed by atoms with Gasteiger partial charge in [-0.1, -0.05) is 29.3 Å². The molecule has 0 unspecified atom stereocenters. The number of sulfonamides is 1. The lowest BCUT2D eigenvalue weighted by Gasteiger charge is -2.05. The van der Waals surface area contributed by atoms with Gasteiger partial charge in [-0.05, 0) is 24.6 Å². The van der Waals surface area contributed by atoms with Gasteiger partial charge in [0.1, 0.15) is 0 Å². The lowest BCUT2D eigenvalue weighted by molar-refractivity contribution is 0.602. The van der Waals surface area contributed by atoms with E-state index in [2.05, 4.69) is 9.82 Å². The zero-order chi connectivity index (χ0) is 14.8. The fourth-order valence-corrected chi connectivity index (χ4v) is 2.66. The van der Waals surface area contributed by atoms with Gasteiger partial charge in [0.15, 0.2) is 0 Å². The van der Waals surface area contributed by atoms with Crippen molar-refractivity contribution >= 4 is 38.9 Å². The molecule has 2 aromatic rings. The highest BCUT2D eigenvalue weighted by Gasteiger charge is 2.09. The maximum Gasteiger partial charge on any atom is 0.232 e. The Morgan fingerprint density at radius 3 is 2.75 bits per heavy atom. The highest BCUT2D eigenvalue weighted by molar-refractivity contribution is 7.92. The van der Waals surface area contributed by atoms with E-state index in [9.17, 15) is 8.42 Å². The highest BCUT2D eigenvalue weighted by atomic mass is 35.5. The molecule has 1 heterocycles. The van der Waals surface area contributed by atoms with Crippen LogP contribution in [-0.2, 0) is 16.6 Å². The van der Waals surface area contributed by atoms with Gasteiger partial charge in [-0.15, -0.1) is 0 Å². The highest BCUT2D eigenvalue weighted by Crippen LogP contribution is 2.22. The van der Waals surface area contributed by atoms with E-state index in [1.54, 1.807) is 29.9 Å². The van der Waals surface area contributed by atoms with E-state index in [1.807, 2.05) is 6.07 Å². The molecule has 0 spiro atoms. The molecule has 0 saturated carbocycles. The topological polar surface area (TPSA) is 64.0 Å². The van der Waals surface area contributed by atoms with Crippen LogP contribution in [0.15, 0.2) is 30.6 Å². The molecule has 0 saturated heterocycles. The number of aromatic nitrogens is 2. The van der Waals surface area contributed by atoms with Crippen LogP contribution in [0, 0.1) is 0 Å². The molecule has 1 aromatic carbocycles. The molecule has 8 heteroatoms. The fraction of sp³-hybridized carbons (Fsp3) is 0.250. The maximum absolute atomic E-state index is 11.4. The lowest BCUT2D eigenvalue weighted by Crippen LogP contribution is -2.14. The van der Waals surface area contributed by atoms with Crippen LogP contribution < -0.4 is 4.72 Å². The van der Waals surface area contributed by atoms with Gasteiger partial charge in [-0.3, -0.25) is 9.40 Å². The van der Waals surface area contributed by atoms with Gasteiger partial charge in [-0.2, -0.15) is 5.10 Å². The summed E-state index contributed by atoms with van der Waals surface area (Å²) in [5.74, 6) is 0.0151. The molecule has 0 aliphatic heterocycles. The molecule has 2 rings (SSSR count). The molecule has 0 fully saturated rings. The van der Waals surface area contributed by atoms with Crippen LogP contribution >= 0.6 is 23.2 Å². The van der Waals surface area contributed by atoms with Crippen molar-refractivity contribution in [1.29, 1.82) is 0 Å². The average molecular weight is 334 g/mol. The Morgan fingerprint density at radius 2 is 2.10 bits per heavy atom. The molecule has 0 amide bonds. The number of rotatable bonds is 5. The van der Waals surface area contributed by atoms with Crippen molar-refractivity contribution in [2.24, 2.45) is 0 Å². The summed E-state index contributed by atoms with van der Waals surface area (Å²) in [4.78, 5) is 0. The zero-order valence-corrected chi connectivity index (χ0v) is 13.0. The van der Waals surface area contributed by atoms with Crippen molar-refractivity contribution in [3.8, 4) is 0 Å². The number of halogens is 2. The summed E-state index contributed by atoms with van der Waals surface area (Å²) in [7, 11) is -3.29. The van der Waals surface area contributed by atoms with E-state index in [1.165, 1.54) is 6.20 Å². The number of anilines is 1. The Balaban J connectivity index is 2.13. The van der Waals surface area contributed by atoms with Gasteiger partial charge in [0.2, 0.25) is 10.0 Å². The summed E-state index contributed by atoms with van der Waals surface area (Å²) in [5.41, 5.74) is 1.28. The van der Waals surface area contributed by atoms with Crippen molar-refractivity contribution in [1.82, 2.24) is 9.78 Å². The van der Waals surface area contributed by atoms with Gasteiger partial charge >= 0.3 is 0 Å². The normalized spacial score (nSPS) is 11.6. The van der Waals surface area contributed by atoms with E-state index >= 15 is 0 Å². The van der Waals surface area contributed by atoms with Crippen molar-refractivity contribution in [3.63, 3.8) is 0 Å². The van der Waals surface area contributed by atoms with Crippen molar-refractivity contribution in [2.75, 3.05) is 10.5 Å². The Labute approximate surface area is 127 Å². The lowest BCUT2D eigenvalue weighted by atomic mass is 10.2. The largest absolute Gasteiger partial charge is 0.280 e. The van der Waals surface area contributed by atoms with Gasteiger partial charge in [0.25, 0.3) is 0 Å². The number of hydrogen-bond donors (Lipinski definition) is 1. The molecule has 20 heavy (non-hydrogen) atoms. The monoisotopic (exact) mass is 333 g/mol. The Kier molecular flexibility index (Phi) is 4.57. The molecule has 108 valence electrons. The van der Waals surface area contributed by atoms with E-state index in [0.29, 0.717) is 22.3 Å². The summed E-state index contributed by atoms with van der Waals surface area (Å²) in [5, 5.41) is 5.20. The molecule has 0 bridgehead atoms. The molecule has 1 aromatic heterocycles. The summed E-state index contributed by atoms with van der Waals surface area (Å²) in [6.45, 7) is 2.00. The zero-order valence-electron chi connectivity index (χ0n) is 10.7. The predicted octanol–water partition coefficient (Wildman–Crippen LogP) is 3.00. The van der Waals surface area contributed by atoms with Crippen LogP contribution in [0.5, 0.6) is 0 Å². The number of nitrogens with zero attached hydrogens (tertiary/aromatic N) is 2. The van der Waals surface area contributed by atoms with Crippen LogP contribution in [0.3, 0.4) is 0 Å². The Hall–Kier alpha value is -1.24. The minimum Gasteiger partial charge on any atom is -0.280 e. The first-order valence-electron chi connectivity index (χ1n) is 5.86. The van der Waals surface area contributed by atoms with Gasteiger partial charge < -0.3 is 0 Å². The van der Waals surface area contributed by atoms with E-state index in [0.717, 1.165) is 5.56 Å². The van der Waals surface area contributed by atoms with Crippen LogP contribution in [0.2, 0.25) is 10.0 Å². The molecule has 0 radical (unpaired) electrons. The van der Waals surface area contributed by atoms with E-state index in [-0.39, 0.29) is 5.75 Å².